The number of rotatable bonds is 7. The fourth-order valence-electron chi connectivity index (χ4n) is 3.95. The first-order valence-corrected chi connectivity index (χ1v) is 11.2. The van der Waals surface area contributed by atoms with Crippen molar-refractivity contribution in [2.75, 3.05) is 20.2 Å². The number of nitrogens with one attached hydrogen (secondary N) is 2. The van der Waals surface area contributed by atoms with E-state index in [1.807, 2.05) is 27.7 Å². The lowest BCUT2D eigenvalue weighted by Crippen LogP contribution is -2.30. The smallest absolute Gasteiger partial charge is 0.308 e. The van der Waals surface area contributed by atoms with Gasteiger partial charge in [-0.25, -0.2) is 0 Å². The minimum absolute atomic E-state index is 0. The number of ketones is 1. The quantitative estimate of drug-likeness (QED) is 0.305. The lowest BCUT2D eigenvalue weighted by molar-refractivity contribution is -0.131. The lowest BCUT2D eigenvalue weighted by atomic mass is 9.85. The van der Waals surface area contributed by atoms with Crippen molar-refractivity contribution in [3.05, 3.63) is 58.1 Å². The van der Waals surface area contributed by atoms with Gasteiger partial charge in [-0.1, -0.05) is 20.8 Å². The molecule has 2 aromatic carbocycles. The van der Waals surface area contributed by atoms with E-state index in [0.717, 1.165) is 11.1 Å². The van der Waals surface area contributed by atoms with Crippen LogP contribution in [0.4, 0.5) is 0 Å². The van der Waals surface area contributed by atoms with Gasteiger partial charge < -0.3 is 19.7 Å². The number of benzene rings is 2. The lowest BCUT2D eigenvalue weighted by Gasteiger charge is -2.23. The number of ether oxygens (including phenoxy) is 2. The summed E-state index contributed by atoms with van der Waals surface area (Å²) in [4.78, 5) is 38.6. The summed E-state index contributed by atoms with van der Waals surface area (Å²) in [5.74, 6) is 0.199. The van der Waals surface area contributed by atoms with Crippen LogP contribution in [0.25, 0.3) is 0 Å². The third-order valence-electron chi connectivity index (χ3n) is 5.61. The molecule has 0 bridgehead atoms. The van der Waals surface area contributed by atoms with Gasteiger partial charge in [-0.3, -0.25) is 19.8 Å². The van der Waals surface area contributed by atoms with E-state index in [1.165, 1.54) is 6.92 Å². The standard InChI is InChI=1S/C26H31N3O5.BrH/c1-7-33-23-11-17-13-29(24(27)18(17)12-19(23)25(32)28-6)14-21(31)16-8-9-22(34-15(2)30)20(10-16)26(3,4)5;/h8-12,27H,7,13-14H2,1-6H3,(H,28,32);1H. The molecule has 0 radical (unpaired) electrons. The van der Waals surface area contributed by atoms with Crippen molar-refractivity contribution < 1.29 is 23.9 Å². The van der Waals surface area contributed by atoms with Crippen LogP contribution in [-0.2, 0) is 16.8 Å². The second-order valence-electron chi connectivity index (χ2n) is 9.20. The van der Waals surface area contributed by atoms with Crippen LogP contribution in [0, 0.1) is 5.41 Å². The number of amidine groups is 1. The minimum atomic E-state index is -0.421. The molecule has 0 atom stereocenters. The molecule has 0 fully saturated rings. The zero-order valence-corrected chi connectivity index (χ0v) is 22.6. The number of nitrogens with zero attached hydrogens (tertiary/aromatic N) is 1. The summed E-state index contributed by atoms with van der Waals surface area (Å²) in [6.07, 6.45) is 0. The van der Waals surface area contributed by atoms with Gasteiger partial charge in [-0.05, 0) is 48.2 Å². The van der Waals surface area contributed by atoms with Gasteiger partial charge in [-0.15, -0.1) is 17.0 Å². The van der Waals surface area contributed by atoms with Crippen LogP contribution >= 0.6 is 17.0 Å². The van der Waals surface area contributed by atoms with Crippen LogP contribution < -0.4 is 14.8 Å². The molecule has 1 heterocycles. The minimum Gasteiger partial charge on any atom is -0.493 e. The highest BCUT2D eigenvalue weighted by atomic mass is 79.9. The Hall–Kier alpha value is -3.20. The molecule has 0 aromatic heterocycles. The van der Waals surface area contributed by atoms with Crippen molar-refractivity contribution in [1.82, 2.24) is 10.2 Å². The number of esters is 1. The highest BCUT2D eigenvalue weighted by molar-refractivity contribution is 8.93. The third kappa shape index (κ3) is 6.08. The van der Waals surface area contributed by atoms with Crippen molar-refractivity contribution in [2.24, 2.45) is 0 Å². The Morgan fingerprint density at radius 1 is 1.11 bits per heavy atom. The van der Waals surface area contributed by atoms with Crippen LogP contribution in [0.15, 0.2) is 30.3 Å². The van der Waals surface area contributed by atoms with Gasteiger partial charge in [0.15, 0.2) is 5.78 Å². The largest absolute Gasteiger partial charge is 0.493 e. The summed E-state index contributed by atoms with van der Waals surface area (Å²) in [6, 6.07) is 8.46. The number of carbonyl (C=O) groups excluding carboxylic acids is 3. The summed E-state index contributed by atoms with van der Waals surface area (Å²) < 4.78 is 11.0. The van der Waals surface area contributed by atoms with Crippen molar-refractivity contribution in [3.63, 3.8) is 0 Å². The number of carbonyl (C=O) groups is 3. The highest BCUT2D eigenvalue weighted by Crippen LogP contribution is 2.34. The average molecular weight is 546 g/mol. The van der Waals surface area contributed by atoms with Gasteiger partial charge in [-0.2, -0.15) is 0 Å². The Bertz CT molecular complexity index is 1170. The van der Waals surface area contributed by atoms with Crippen LogP contribution in [0.2, 0.25) is 0 Å². The number of amides is 1. The molecule has 2 N–H and O–H groups in total. The van der Waals surface area contributed by atoms with Crippen molar-refractivity contribution >= 4 is 40.5 Å². The van der Waals surface area contributed by atoms with E-state index < -0.39 is 5.97 Å². The molecule has 0 saturated heterocycles. The van der Waals surface area contributed by atoms with E-state index in [1.54, 1.807) is 42.3 Å². The van der Waals surface area contributed by atoms with Gasteiger partial charge in [0.25, 0.3) is 5.91 Å². The highest BCUT2D eigenvalue weighted by Gasteiger charge is 2.30. The number of Topliss-reactive ketones (excluding diaryl/α,β-unsaturated/α-hetero) is 1. The molecule has 2 aromatic rings. The predicted octanol–water partition coefficient (Wildman–Crippen LogP) is 4.27. The maximum Gasteiger partial charge on any atom is 0.308 e. The molecule has 8 nitrogen and oxygen atoms in total. The van der Waals surface area contributed by atoms with Gasteiger partial charge in [0.1, 0.15) is 17.3 Å². The van der Waals surface area contributed by atoms with Crippen LogP contribution in [0.3, 0.4) is 0 Å². The van der Waals surface area contributed by atoms with Crippen LogP contribution in [0.1, 0.15) is 72.0 Å². The number of halogens is 1. The molecule has 1 aliphatic rings. The molecule has 9 heteroatoms. The topological polar surface area (TPSA) is 109 Å². The van der Waals surface area contributed by atoms with E-state index in [2.05, 4.69) is 5.32 Å². The van der Waals surface area contributed by atoms with Crippen molar-refractivity contribution in [1.29, 1.82) is 5.41 Å². The molecule has 35 heavy (non-hydrogen) atoms. The first kappa shape index (κ1) is 28.0. The average Bonchev–Trinajstić information content (AvgIpc) is 3.06. The molecule has 1 amide bonds. The number of hydrogen-bond acceptors (Lipinski definition) is 6. The molecule has 0 aliphatic carbocycles. The summed E-state index contributed by atoms with van der Waals surface area (Å²) in [7, 11) is 1.54. The first-order valence-electron chi connectivity index (χ1n) is 11.2. The molecule has 188 valence electrons. The third-order valence-corrected chi connectivity index (χ3v) is 5.61. The SMILES string of the molecule is Br.CCOc1cc2c(cc1C(=O)NC)C(=N)N(CC(=O)c1ccc(OC(C)=O)c(C(C)(C)C)c1)C2. The summed E-state index contributed by atoms with van der Waals surface area (Å²) in [5.41, 5.74) is 2.68. The molecule has 1 aliphatic heterocycles. The monoisotopic (exact) mass is 545 g/mol. The van der Waals surface area contributed by atoms with Crippen molar-refractivity contribution in [3.8, 4) is 11.5 Å². The molecular weight excluding hydrogens is 514 g/mol. The van der Waals surface area contributed by atoms with E-state index in [0.29, 0.717) is 41.3 Å². The van der Waals surface area contributed by atoms with Gasteiger partial charge in [0.05, 0.1) is 18.7 Å². The molecule has 0 spiro atoms. The Balaban J connectivity index is 0.00000432. The maximum atomic E-state index is 13.2. The van der Waals surface area contributed by atoms with Gasteiger partial charge >= 0.3 is 5.97 Å². The van der Waals surface area contributed by atoms with Crippen molar-refractivity contribution in [2.45, 2.75) is 46.6 Å². The van der Waals surface area contributed by atoms with E-state index in [-0.39, 0.29) is 46.5 Å². The molecule has 0 unspecified atom stereocenters. The Morgan fingerprint density at radius 2 is 1.80 bits per heavy atom. The second kappa shape index (κ2) is 11.0. The van der Waals surface area contributed by atoms with E-state index in [9.17, 15) is 14.4 Å². The summed E-state index contributed by atoms with van der Waals surface area (Å²) in [6.45, 7) is 9.90. The Kier molecular flexibility index (Phi) is 8.84. The Morgan fingerprint density at radius 3 is 2.37 bits per heavy atom. The predicted molar refractivity (Wildman–Crippen MR) is 139 cm³/mol. The van der Waals surface area contributed by atoms with Gasteiger partial charge in [0.2, 0.25) is 0 Å². The summed E-state index contributed by atoms with van der Waals surface area (Å²) in [5, 5.41) is 11.2. The normalized spacial score (nSPS) is 12.5. The van der Waals surface area contributed by atoms with E-state index in [4.69, 9.17) is 14.9 Å². The fraction of sp³-hybridized carbons (Fsp3) is 0.385. The first-order chi connectivity index (χ1) is 16.0. The molecular formula is C26H32BrN3O5. The molecule has 0 saturated carbocycles. The fourth-order valence-corrected chi connectivity index (χ4v) is 3.95. The van der Waals surface area contributed by atoms with Crippen LogP contribution in [-0.4, -0.2) is 48.6 Å². The summed E-state index contributed by atoms with van der Waals surface area (Å²) >= 11 is 0. The zero-order valence-electron chi connectivity index (χ0n) is 20.9. The number of fused-ring (bicyclic) bond motifs is 1. The zero-order chi connectivity index (χ0) is 25.2. The maximum absolute atomic E-state index is 13.2. The Labute approximate surface area is 216 Å². The van der Waals surface area contributed by atoms with Crippen LogP contribution in [0.5, 0.6) is 11.5 Å². The van der Waals surface area contributed by atoms with E-state index >= 15 is 0 Å². The second-order valence-corrected chi connectivity index (χ2v) is 9.20. The number of hydrogen-bond donors (Lipinski definition) is 2. The molecule has 3 rings (SSSR count). The van der Waals surface area contributed by atoms with Gasteiger partial charge in [0, 0.05) is 37.2 Å².